The number of hydrogen-bond acceptors (Lipinski definition) is 3. The van der Waals surface area contributed by atoms with Crippen molar-refractivity contribution in [2.75, 3.05) is 12.8 Å². The maximum absolute atomic E-state index is 14.1. The number of benzene rings is 3. The Kier molecular flexibility index (Phi) is 6.40. The predicted molar refractivity (Wildman–Crippen MR) is 129 cm³/mol. The molecule has 0 saturated heterocycles. The Morgan fingerprint density at radius 3 is 2.34 bits per heavy atom. The Balaban J connectivity index is 1.58. The molecule has 3 nitrogen and oxygen atoms in total. The van der Waals surface area contributed by atoms with Gasteiger partial charge in [-0.05, 0) is 89.2 Å². The minimum absolute atomic E-state index is 0.245. The van der Waals surface area contributed by atoms with E-state index in [9.17, 15) is 12.8 Å². The highest BCUT2D eigenvalue weighted by molar-refractivity contribution is 7.90. The fraction of sp³-hybridized carbons (Fsp3) is 0.185. The van der Waals surface area contributed by atoms with Gasteiger partial charge in [0.1, 0.15) is 5.82 Å². The van der Waals surface area contributed by atoms with E-state index >= 15 is 0 Å². The second-order valence-corrected chi connectivity index (χ2v) is 10.1. The fourth-order valence-electron chi connectivity index (χ4n) is 4.10. The van der Waals surface area contributed by atoms with Crippen LogP contribution in [0.25, 0.3) is 17.2 Å². The van der Waals surface area contributed by atoms with E-state index in [2.05, 4.69) is 24.4 Å². The molecule has 0 spiro atoms. The normalized spacial score (nSPS) is 14.8. The monoisotopic (exact) mass is 447 g/mol. The molecule has 3 aromatic carbocycles. The SMILES string of the molecule is CC1=C(CCNCc2ccccc2)c2cc(F)ccc2/C1=C\c1ccc(S(C)(=O)=O)cc1. The highest BCUT2D eigenvalue weighted by atomic mass is 32.2. The maximum atomic E-state index is 14.1. The van der Waals surface area contributed by atoms with Crippen LogP contribution in [0.15, 0.2) is 83.3 Å². The molecule has 5 heteroatoms. The van der Waals surface area contributed by atoms with Crippen molar-refractivity contribution in [3.8, 4) is 0 Å². The van der Waals surface area contributed by atoms with E-state index in [0.717, 1.165) is 52.9 Å². The van der Waals surface area contributed by atoms with Gasteiger partial charge in [-0.1, -0.05) is 48.5 Å². The molecule has 0 amide bonds. The molecule has 0 atom stereocenters. The first kappa shape index (κ1) is 22.2. The zero-order valence-electron chi connectivity index (χ0n) is 18.2. The third-order valence-corrected chi connectivity index (χ3v) is 6.93. The summed E-state index contributed by atoms with van der Waals surface area (Å²) < 4.78 is 37.5. The molecule has 0 saturated carbocycles. The summed E-state index contributed by atoms with van der Waals surface area (Å²) in [6.07, 6.45) is 4.04. The van der Waals surface area contributed by atoms with E-state index < -0.39 is 9.84 Å². The summed E-state index contributed by atoms with van der Waals surface area (Å²) in [5, 5.41) is 3.48. The van der Waals surface area contributed by atoms with Crippen LogP contribution in [0, 0.1) is 5.82 Å². The Labute approximate surface area is 189 Å². The molecule has 0 aliphatic heterocycles. The second-order valence-electron chi connectivity index (χ2n) is 8.11. The van der Waals surface area contributed by atoms with Crippen LogP contribution in [-0.2, 0) is 16.4 Å². The van der Waals surface area contributed by atoms with Crippen molar-refractivity contribution in [2.45, 2.75) is 24.8 Å². The number of sulfone groups is 1. The summed E-state index contributed by atoms with van der Waals surface area (Å²) >= 11 is 0. The molecule has 0 unspecified atom stereocenters. The number of rotatable bonds is 7. The molecule has 164 valence electrons. The van der Waals surface area contributed by atoms with Crippen LogP contribution in [-0.4, -0.2) is 21.2 Å². The van der Waals surface area contributed by atoms with E-state index in [0.29, 0.717) is 4.90 Å². The number of allylic oxidation sites excluding steroid dienone is 2. The predicted octanol–water partition coefficient (Wildman–Crippen LogP) is 5.74. The van der Waals surface area contributed by atoms with Gasteiger partial charge in [0.15, 0.2) is 9.84 Å². The van der Waals surface area contributed by atoms with Crippen molar-refractivity contribution in [3.05, 3.63) is 106 Å². The van der Waals surface area contributed by atoms with Crippen molar-refractivity contribution in [3.63, 3.8) is 0 Å². The number of halogens is 1. The molecule has 1 aliphatic carbocycles. The van der Waals surface area contributed by atoms with Crippen LogP contribution in [0.1, 0.15) is 35.6 Å². The van der Waals surface area contributed by atoms with E-state index in [1.54, 1.807) is 30.3 Å². The quantitative estimate of drug-likeness (QED) is 0.470. The van der Waals surface area contributed by atoms with E-state index in [1.807, 2.05) is 30.3 Å². The lowest BCUT2D eigenvalue weighted by Gasteiger charge is -2.08. The molecule has 0 fully saturated rings. The van der Waals surface area contributed by atoms with E-state index in [1.165, 1.54) is 17.9 Å². The van der Waals surface area contributed by atoms with Crippen LogP contribution in [0.4, 0.5) is 4.39 Å². The molecule has 0 aromatic heterocycles. The molecule has 1 N–H and O–H groups in total. The van der Waals surface area contributed by atoms with E-state index in [-0.39, 0.29) is 5.82 Å². The Bertz CT molecular complexity index is 1290. The molecular weight excluding hydrogens is 421 g/mol. The molecule has 4 rings (SSSR count). The van der Waals surface area contributed by atoms with Gasteiger partial charge in [0, 0.05) is 12.8 Å². The summed E-state index contributed by atoms with van der Waals surface area (Å²) in [6, 6.07) is 22.0. The largest absolute Gasteiger partial charge is 0.312 e. The van der Waals surface area contributed by atoms with Crippen LogP contribution < -0.4 is 5.32 Å². The van der Waals surface area contributed by atoms with Gasteiger partial charge in [-0.25, -0.2) is 12.8 Å². The first-order valence-corrected chi connectivity index (χ1v) is 12.5. The van der Waals surface area contributed by atoms with Gasteiger partial charge < -0.3 is 5.32 Å². The standard InChI is InChI=1S/C27H26FNO2S/c1-19-24(14-15-29-18-21-6-4-3-5-7-21)27-17-22(28)10-13-25(27)26(19)16-20-8-11-23(12-9-20)32(2,30)31/h3-13,16-17,29H,14-15,18H2,1-2H3/b26-16-. The van der Waals surface area contributed by atoms with Crippen molar-refractivity contribution in [1.29, 1.82) is 0 Å². The topological polar surface area (TPSA) is 46.2 Å². The lowest BCUT2D eigenvalue weighted by atomic mass is 10.0. The fourth-order valence-corrected chi connectivity index (χ4v) is 4.73. The van der Waals surface area contributed by atoms with Crippen LogP contribution in [0.2, 0.25) is 0 Å². The molecule has 32 heavy (non-hydrogen) atoms. The average Bonchev–Trinajstić information content (AvgIpc) is 3.02. The van der Waals surface area contributed by atoms with Gasteiger partial charge >= 0.3 is 0 Å². The van der Waals surface area contributed by atoms with Gasteiger partial charge in [0.05, 0.1) is 4.90 Å². The lowest BCUT2D eigenvalue weighted by Crippen LogP contribution is -2.15. The summed E-state index contributed by atoms with van der Waals surface area (Å²) in [4.78, 5) is 0.297. The zero-order chi connectivity index (χ0) is 22.7. The molecule has 1 aliphatic rings. The highest BCUT2D eigenvalue weighted by Crippen LogP contribution is 2.43. The second kappa shape index (κ2) is 9.23. The van der Waals surface area contributed by atoms with Gasteiger partial charge in [0.25, 0.3) is 0 Å². The minimum atomic E-state index is -3.23. The highest BCUT2D eigenvalue weighted by Gasteiger charge is 2.23. The third kappa shape index (κ3) is 4.90. The van der Waals surface area contributed by atoms with Gasteiger partial charge in [-0.2, -0.15) is 0 Å². The van der Waals surface area contributed by atoms with Crippen LogP contribution in [0.3, 0.4) is 0 Å². The Morgan fingerprint density at radius 1 is 0.938 bits per heavy atom. The van der Waals surface area contributed by atoms with Crippen molar-refractivity contribution in [1.82, 2.24) is 5.32 Å². The molecule has 0 heterocycles. The summed E-state index contributed by atoms with van der Waals surface area (Å²) in [6.45, 7) is 3.65. The first-order valence-electron chi connectivity index (χ1n) is 10.6. The third-order valence-electron chi connectivity index (χ3n) is 5.80. The van der Waals surface area contributed by atoms with Gasteiger partial charge in [-0.3, -0.25) is 0 Å². The molecular formula is C27H26FNO2S. The van der Waals surface area contributed by atoms with Crippen LogP contribution >= 0.6 is 0 Å². The van der Waals surface area contributed by atoms with Crippen molar-refractivity contribution >= 4 is 27.1 Å². The van der Waals surface area contributed by atoms with Crippen LogP contribution in [0.5, 0.6) is 0 Å². The molecule has 0 radical (unpaired) electrons. The van der Waals surface area contributed by atoms with Crippen molar-refractivity contribution < 1.29 is 12.8 Å². The minimum Gasteiger partial charge on any atom is -0.312 e. The van der Waals surface area contributed by atoms with Gasteiger partial charge in [-0.15, -0.1) is 0 Å². The molecule has 0 bridgehead atoms. The number of hydrogen-bond donors (Lipinski definition) is 1. The lowest BCUT2D eigenvalue weighted by molar-refractivity contribution is 0.602. The average molecular weight is 448 g/mol. The number of fused-ring (bicyclic) bond motifs is 1. The maximum Gasteiger partial charge on any atom is 0.175 e. The number of nitrogens with one attached hydrogen (secondary N) is 1. The molecule has 3 aromatic rings. The smallest absolute Gasteiger partial charge is 0.175 e. The summed E-state index contributed by atoms with van der Waals surface area (Å²) in [7, 11) is -3.23. The Hall–Kier alpha value is -3.02. The van der Waals surface area contributed by atoms with Crippen molar-refractivity contribution in [2.24, 2.45) is 0 Å². The summed E-state index contributed by atoms with van der Waals surface area (Å²) in [5.74, 6) is -0.245. The summed E-state index contributed by atoms with van der Waals surface area (Å²) in [5.41, 5.74) is 7.39. The van der Waals surface area contributed by atoms with Gasteiger partial charge in [0.2, 0.25) is 0 Å². The zero-order valence-corrected chi connectivity index (χ0v) is 19.0. The Morgan fingerprint density at radius 2 is 1.66 bits per heavy atom. The first-order chi connectivity index (χ1) is 15.3. The van der Waals surface area contributed by atoms with E-state index in [4.69, 9.17) is 0 Å².